The quantitative estimate of drug-likeness (QED) is 0.917. The summed E-state index contributed by atoms with van der Waals surface area (Å²) in [7, 11) is 1.79. The van der Waals surface area contributed by atoms with Crippen LogP contribution >= 0.6 is 0 Å². The van der Waals surface area contributed by atoms with E-state index in [2.05, 4.69) is 0 Å². The Bertz CT molecular complexity index is 626. The minimum atomic E-state index is -0.889. The fourth-order valence-corrected chi connectivity index (χ4v) is 2.55. The molecular weight excluding hydrogens is 242 g/mol. The van der Waals surface area contributed by atoms with Crippen LogP contribution in [-0.2, 0) is 7.05 Å². The molecule has 4 heteroatoms. The van der Waals surface area contributed by atoms with Crippen LogP contribution in [0.2, 0.25) is 0 Å². The van der Waals surface area contributed by atoms with E-state index in [1.807, 2.05) is 39.0 Å². The minimum Gasteiger partial charge on any atom is -0.494 e. The highest BCUT2D eigenvalue weighted by Crippen LogP contribution is 2.33. The highest BCUT2D eigenvalue weighted by Gasteiger charge is 2.22. The first-order chi connectivity index (χ1) is 8.97. The Balaban J connectivity index is 2.78. The molecule has 0 atom stereocenters. The number of carboxylic acids is 1. The number of rotatable bonds is 4. The summed E-state index contributed by atoms with van der Waals surface area (Å²) in [6.45, 7) is 6.55. The van der Waals surface area contributed by atoms with E-state index >= 15 is 0 Å². The van der Waals surface area contributed by atoms with E-state index in [0.29, 0.717) is 12.3 Å². The number of aryl methyl sites for hydroxylation is 1. The maximum atomic E-state index is 11.5. The lowest BCUT2D eigenvalue weighted by Gasteiger charge is -2.07. The SMILES string of the molecule is CCOc1ccc2c(c1)c(C(C)C)c(C(=O)O)n2C. The van der Waals surface area contributed by atoms with Gasteiger partial charge in [0.2, 0.25) is 0 Å². The lowest BCUT2D eigenvalue weighted by atomic mass is 9.99. The molecule has 102 valence electrons. The zero-order valence-electron chi connectivity index (χ0n) is 11.7. The van der Waals surface area contributed by atoms with E-state index < -0.39 is 5.97 Å². The Morgan fingerprint density at radius 1 is 1.42 bits per heavy atom. The number of nitrogens with zero attached hydrogens (tertiary/aromatic N) is 1. The van der Waals surface area contributed by atoms with Crippen molar-refractivity contribution in [2.24, 2.45) is 7.05 Å². The summed E-state index contributed by atoms with van der Waals surface area (Å²) >= 11 is 0. The largest absolute Gasteiger partial charge is 0.494 e. The monoisotopic (exact) mass is 261 g/mol. The van der Waals surface area contributed by atoms with Crippen molar-refractivity contribution >= 4 is 16.9 Å². The van der Waals surface area contributed by atoms with Crippen LogP contribution in [0.4, 0.5) is 0 Å². The molecule has 1 heterocycles. The number of carbonyl (C=O) groups is 1. The van der Waals surface area contributed by atoms with Gasteiger partial charge in [-0.15, -0.1) is 0 Å². The Kier molecular flexibility index (Phi) is 3.51. The molecule has 19 heavy (non-hydrogen) atoms. The summed E-state index contributed by atoms with van der Waals surface area (Å²) < 4.78 is 7.24. The first-order valence-corrected chi connectivity index (χ1v) is 6.45. The number of hydrogen-bond acceptors (Lipinski definition) is 2. The molecule has 4 nitrogen and oxygen atoms in total. The Morgan fingerprint density at radius 3 is 2.63 bits per heavy atom. The van der Waals surface area contributed by atoms with Crippen LogP contribution in [0.15, 0.2) is 18.2 Å². The molecule has 0 saturated carbocycles. The molecule has 1 N–H and O–H groups in total. The first kappa shape index (κ1) is 13.5. The third kappa shape index (κ3) is 2.18. The molecule has 1 aromatic carbocycles. The predicted octanol–water partition coefficient (Wildman–Crippen LogP) is 3.40. The molecule has 0 fully saturated rings. The van der Waals surface area contributed by atoms with Gasteiger partial charge in [-0.1, -0.05) is 13.8 Å². The third-order valence-electron chi connectivity index (χ3n) is 3.30. The van der Waals surface area contributed by atoms with Gasteiger partial charge in [0.25, 0.3) is 0 Å². The minimum absolute atomic E-state index is 0.145. The van der Waals surface area contributed by atoms with Crippen molar-refractivity contribution in [3.63, 3.8) is 0 Å². The zero-order chi connectivity index (χ0) is 14.2. The molecular formula is C15H19NO3. The number of hydrogen-bond donors (Lipinski definition) is 1. The van der Waals surface area contributed by atoms with Gasteiger partial charge in [0.15, 0.2) is 0 Å². The smallest absolute Gasteiger partial charge is 0.352 e. The summed E-state index contributed by atoms with van der Waals surface area (Å²) in [5.74, 6) is 0.0338. The third-order valence-corrected chi connectivity index (χ3v) is 3.30. The van der Waals surface area contributed by atoms with Gasteiger partial charge in [-0.2, -0.15) is 0 Å². The van der Waals surface area contributed by atoms with Crippen molar-refractivity contribution < 1.29 is 14.6 Å². The second kappa shape index (κ2) is 4.96. The van der Waals surface area contributed by atoms with Crippen LogP contribution in [0, 0.1) is 0 Å². The van der Waals surface area contributed by atoms with Gasteiger partial charge in [0.1, 0.15) is 11.4 Å². The van der Waals surface area contributed by atoms with Gasteiger partial charge in [0, 0.05) is 18.0 Å². The van der Waals surface area contributed by atoms with Crippen LogP contribution in [0.25, 0.3) is 10.9 Å². The molecule has 0 aliphatic carbocycles. The normalized spacial score (nSPS) is 11.2. The van der Waals surface area contributed by atoms with Gasteiger partial charge in [-0.05, 0) is 36.6 Å². The van der Waals surface area contributed by atoms with E-state index in [9.17, 15) is 9.90 Å². The predicted molar refractivity (Wildman–Crippen MR) is 75.1 cm³/mol. The fourth-order valence-electron chi connectivity index (χ4n) is 2.55. The van der Waals surface area contributed by atoms with E-state index in [-0.39, 0.29) is 5.92 Å². The van der Waals surface area contributed by atoms with Crippen LogP contribution < -0.4 is 4.74 Å². The molecule has 1 aromatic heterocycles. The fraction of sp³-hybridized carbons (Fsp3) is 0.400. The van der Waals surface area contributed by atoms with Crippen molar-refractivity contribution in [3.8, 4) is 5.75 Å². The molecule has 0 saturated heterocycles. The second-order valence-electron chi connectivity index (χ2n) is 4.89. The number of fused-ring (bicyclic) bond motifs is 1. The Morgan fingerprint density at radius 2 is 2.11 bits per heavy atom. The molecule has 2 rings (SSSR count). The summed E-state index contributed by atoms with van der Waals surface area (Å²) in [6, 6.07) is 5.72. The average Bonchev–Trinajstić information content (AvgIpc) is 2.63. The molecule has 0 aliphatic rings. The molecule has 0 spiro atoms. The highest BCUT2D eigenvalue weighted by atomic mass is 16.5. The van der Waals surface area contributed by atoms with Crippen LogP contribution in [0.1, 0.15) is 42.7 Å². The summed E-state index contributed by atoms with van der Waals surface area (Å²) in [5, 5.41) is 10.4. The average molecular weight is 261 g/mol. The van der Waals surface area contributed by atoms with Crippen molar-refractivity contribution in [1.29, 1.82) is 0 Å². The number of carboxylic acid groups (broad SMARTS) is 1. The number of ether oxygens (including phenoxy) is 1. The standard InChI is InChI=1S/C15H19NO3/c1-5-19-10-6-7-12-11(8-10)13(9(2)3)14(15(17)18)16(12)4/h6-9H,5H2,1-4H3,(H,17,18). The van der Waals surface area contributed by atoms with Crippen molar-refractivity contribution in [2.75, 3.05) is 6.61 Å². The molecule has 0 amide bonds. The second-order valence-corrected chi connectivity index (χ2v) is 4.89. The Labute approximate surface area is 112 Å². The number of benzene rings is 1. The highest BCUT2D eigenvalue weighted by molar-refractivity contribution is 5.99. The van der Waals surface area contributed by atoms with Crippen molar-refractivity contribution in [1.82, 2.24) is 4.57 Å². The van der Waals surface area contributed by atoms with Gasteiger partial charge < -0.3 is 14.4 Å². The van der Waals surface area contributed by atoms with Gasteiger partial charge in [0.05, 0.1) is 6.61 Å². The van der Waals surface area contributed by atoms with Crippen molar-refractivity contribution in [2.45, 2.75) is 26.7 Å². The molecule has 0 unspecified atom stereocenters. The van der Waals surface area contributed by atoms with Crippen LogP contribution in [0.3, 0.4) is 0 Å². The topological polar surface area (TPSA) is 51.5 Å². The maximum Gasteiger partial charge on any atom is 0.352 e. The number of aromatic nitrogens is 1. The van der Waals surface area contributed by atoms with Crippen molar-refractivity contribution in [3.05, 3.63) is 29.5 Å². The zero-order valence-corrected chi connectivity index (χ0v) is 11.7. The summed E-state index contributed by atoms with van der Waals surface area (Å²) in [4.78, 5) is 11.5. The van der Waals surface area contributed by atoms with Gasteiger partial charge >= 0.3 is 5.97 Å². The molecule has 0 aliphatic heterocycles. The van der Waals surface area contributed by atoms with E-state index in [1.165, 1.54) is 0 Å². The number of aromatic carboxylic acids is 1. The molecule has 0 radical (unpaired) electrons. The Hall–Kier alpha value is -1.97. The summed E-state index contributed by atoms with van der Waals surface area (Å²) in [5.41, 5.74) is 2.15. The van der Waals surface area contributed by atoms with Crippen LogP contribution in [0.5, 0.6) is 5.75 Å². The van der Waals surface area contributed by atoms with E-state index in [0.717, 1.165) is 22.2 Å². The van der Waals surface area contributed by atoms with Gasteiger partial charge in [-0.3, -0.25) is 0 Å². The molecule has 0 bridgehead atoms. The van der Waals surface area contributed by atoms with Crippen LogP contribution in [-0.4, -0.2) is 22.2 Å². The van der Waals surface area contributed by atoms with E-state index in [1.54, 1.807) is 11.6 Å². The lowest BCUT2D eigenvalue weighted by Crippen LogP contribution is -2.08. The van der Waals surface area contributed by atoms with Gasteiger partial charge in [-0.25, -0.2) is 4.79 Å². The first-order valence-electron chi connectivity index (χ1n) is 6.45. The lowest BCUT2D eigenvalue weighted by molar-refractivity contribution is 0.0685. The maximum absolute atomic E-state index is 11.5. The molecule has 2 aromatic rings. The summed E-state index contributed by atoms with van der Waals surface area (Å²) in [6.07, 6.45) is 0. The van der Waals surface area contributed by atoms with E-state index in [4.69, 9.17) is 4.74 Å².